The largest absolute Gasteiger partial charge is 0.395 e. The van der Waals surface area contributed by atoms with E-state index in [1.165, 1.54) is 12.4 Å². The molecule has 0 radical (unpaired) electrons. The molecule has 0 aliphatic heterocycles. The lowest BCUT2D eigenvalue weighted by atomic mass is 10.1. The number of hydrogen-bond acceptors (Lipinski definition) is 5. The van der Waals surface area contributed by atoms with Gasteiger partial charge in [-0.15, -0.1) is 0 Å². The molecule has 0 unspecified atom stereocenters. The highest BCUT2D eigenvalue weighted by Crippen LogP contribution is 2.05. The third-order valence-electron chi connectivity index (χ3n) is 2.30. The summed E-state index contributed by atoms with van der Waals surface area (Å²) in [5, 5.41) is 11.3. The van der Waals surface area contributed by atoms with Gasteiger partial charge >= 0.3 is 0 Å². The van der Waals surface area contributed by atoms with Crippen LogP contribution in [0.25, 0.3) is 0 Å². The molecule has 7 nitrogen and oxygen atoms in total. The Hall–Kier alpha value is -2.43. The Labute approximate surface area is 122 Å². The number of nitrogens with zero attached hydrogens (tertiary/aromatic N) is 1. The van der Waals surface area contributed by atoms with Gasteiger partial charge in [-0.05, 0) is 6.07 Å². The number of aromatic nitrogens is 1. The van der Waals surface area contributed by atoms with Crippen LogP contribution in [-0.2, 0) is 9.53 Å². The van der Waals surface area contributed by atoms with Crippen molar-refractivity contribution in [1.29, 1.82) is 0 Å². The van der Waals surface area contributed by atoms with Crippen LogP contribution >= 0.6 is 0 Å². The van der Waals surface area contributed by atoms with E-state index in [1.807, 2.05) is 0 Å². The molecule has 2 amide bonds. The first-order chi connectivity index (χ1) is 10.1. The third kappa shape index (κ3) is 6.51. The molecule has 21 heavy (non-hydrogen) atoms. The molecule has 1 rings (SSSR count). The first-order valence-corrected chi connectivity index (χ1v) is 6.33. The lowest BCUT2D eigenvalue weighted by Gasteiger charge is -2.06. The van der Waals surface area contributed by atoms with Crippen molar-refractivity contribution in [3.05, 3.63) is 29.6 Å². The van der Waals surface area contributed by atoms with Crippen molar-refractivity contribution < 1.29 is 19.4 Å². The van der Waals surface area contributed by atoms with Crippen molar-refractivity contribution in [3.63, 3.8) is 0 Å². The number of aliphatic hydroxyl groups excluding tert-OH is 1. The van der Waals surface area contributed by atoms with Crippen molar-refractivity contribution in [2.45, 2.75) is 6.42 Å². The Bertz CT molecular complexity index is 549. The molecular formula is C14H17N3O4. The number of ether oxygens (including phenoxy) is 1. The molecule has 0 aliphatic rings. The molecule has 112 valence electrons. The smallest absolute Gasteiger partial charge is 0.252 e. The number of hydrogen-bond donors (Lipinski definition) is 3. The van der Waals surface area contributed by atoms with Crippen LogP contribution in [0.15, 0.2) is 18.5 Å². The molecule has 0 spiro atoms. The molecule has 0 saturated heterocycles. The van der Waals surface area contributed by atoms with Gasteiger partial charge in [-0.2, -0.15) is 0 Å². The lowest BCUT2D eigenvalue weighted by molar-refractivity contribution is -0.122. The maximum atomic E-state index is 12.0. The van der Waals surface area contributed by atoms with Crippen LogP contribution in [0.3, 0.4) is 0 Å². The molecule has 7 heteroatoms. The Morgan fingerprint density at radius 3 is 3.00 bits per heavy atom. The minimum Gasteiger partial charge on any atom is -0.395 e. The average molecular weight is 291 g/mol. The van der Waals surface area contributed by atoms with E-state index >= 15 is 0 Å². The normalized spacial score (nSPS) is 9.57. The second-order valence-corrected chi connectivity index (χ2v) is 3.97. The number of primary amides is 1. The van der Waals surface area contributed by atoms with Crippen LogP contribution in [0.1, 0.15) is 22.3 Å². The van der Waals surface area contributed by atoms with E-state index in [0.29, 0.717) is 17.5 Å². The van der Waals surface area contributed by atoms with Crippen molar-refractivity contribution in [3.8, 4) is 11.8 Å². The summed E-state index contributed by atoms with van der Waals surface area (Å²) in [6.07, 6.45) is 3.31. The van der Waals surface area contributed by atoms with Gasteiger partial charge in [0.15, 0.2) is 0 Å². The van der Waals surface area contributed by atoms with Gasteiger partial charge in [0.25, 0.3) is 5.91 Å². The average Bonchev–Trinajstić information content (AvgIpc) is 2.47. The predicted octanol–water partition coefficient (Wildman–Crippen LogP) is -0.953. The molecule has 4 N–H and O–H groups in total. The molecule has 1 aromatic rings. The fourth-order valence-corrected chi connectivity index (χ4v) is 1.41. The van der Waals surface area contributed by atoms with E-state index in [9.17, 15) is 9.59 Å². The Morgan fingerprint density at radius 1 is 1.48 bits per heavy atom. The van der Waals surface area contributed by atoms with E-state index in [0.717, 1.165) is 0 Å². The molecular weight excluding hydrogens is 274 g/mol. The molecule has 0 aromatic carbocycles. The van der Waals surface area contributed by atoms with Crippen molar-refractivity contribution in [2.24, 2.45) is 5.73 Å². The van der Waals surface area contributed by atoms with Crippen LogP contribution in [0.2, 0.25) is 0 Å². The highest BCUT2D eigenvalue weighted by molar-refractivity contribution is 5.96. The number of amides is 2. The molecule has 0 saturated carbocycles. The SMILES string of the molecule is NC(=O)COCCNC(=O)c1ccncc1C#CCCO. The molecule has 0 atom stereocenters. The van der Waals surface area contributed by atoms with Crippen LogP contribution < -0.4 is 11.1 Å². The summed E-state index contributed by atoms with van der Waals surface area (Å²) in [4.78, 5) is 26.4. The van der Waals surface area contributed by atoms with Crippen molar-refractivity contribution in [2.75, 3.05) is 26.4 Å². The first kappa shape index (κ1) is 16.6. The van der Waals surface area contributed by atoms with Crippen LogP contribution in [0.5, 0.6) is 0 Å². The Balaban J connectivity index is 2.54. The highest BCUT2D eigenvalue weighted by Gasteiger charge is 2.09. The van der Waals surface area contributed by atoms with Gasteiger partial charge in [0.1, 0.15) is 6.61 Å². The number of carbonyl (C=O) groups excluding carboxylic acids is 2. The maximum absolute atomic E-state index is 12.0. The second kappa shape index (κ2) is 9.47. The van der Waals surface area contributed by atoms with Gasteiger partial charge in [-0.25, -0.2) is 0 Å². The molecule has 1 heterocycles. The third-order valence-corrected chi connectivity index (χ3v) is 2.30. The zero-order valence-electron chi connectivity index (χ0n) is 11.5. The van der Waals surface area contributed by atoms with E-state index in [2.05, 4.69) is 22.1 Å². The monoisotopic (exact) mass is 291 g/mol. The fraction of sp³-hybridized carbons (Fsp3) is 0.357. The number of rotatable bonds is 7. The second-order valence-electron chi connectivity index (χ2n) is 3.97. The first-order valence-electron chi connectivity index (χ1n) is 6.33. The predicted molar refractivity (Wildman–Crippen MR) is 75.2 cm³/mol. The van der Waals surface area contributed by atoms with E-state index in [-0.39, 0.29) is 32.3 Å². The summed E-state index contributed by atoms with van der Waals surface area (Å²) in [6.45, 7) is 0.220. The minimum absolute atomic E-state index is 0.0357. The van der Waals surface area contributed by atoms with Crippen LogP contribution in [0, 0.1) is 11.8 Å². The molecule has 0 fully saturated rings. The summed E-state index contributed by atoms with van der Waals surface area (Å²) >= 11 is 0. The number of aliphatic hydroxyl groups is 1. The summed E-state index contributed by atoms with van der Waals surface area (Å²) in [5.41, 5.74) is 5.79. The number of nitrogens with two attached hydrogens (primary N) is 1. The summed E-state index contributed by atoms with van der Waals surface area (Å²) < 4.78 is 4.93. The topological polar surface area (TPSA) is 115 Å². The van der Waals surface area contributed by atoms with E-state index < -0.39 is 5.91 Å². The quantitative estimate of drug-likeness (QED) is 0.442. The summed E-state index contributed by atoms with van der Waals surface area (Å²) in [6, 6.07) is 1.56. The molecule has 0 aliphatic carbocycles. The Morgan fingerprint density at radius 2 is 2.29 bits per heavy atom. The zero-order chi connectivity index (χ0) is 15.5. The summed E-state index contributed by atoms with van der Waals surface area (Å²) in [7, 11) is 0. The minimum atomic E-state index is -0.558. The van der Waals surface area contributed by atoms with Crippen molar-refractivity contribution in [1.82, 2.24) is 10.3 Å². The van der Waals surface area contributed by atoms with Gasteiger partial charge in [-0.3, -0.25) is 14.6 Å². The van der Waals surface area contributed by atoms with Crippen molar-refractivity contribution >= 4 is 11.8 Å². The summed E-state index contributed by atoms with van der Waals surface area (Å²) in [5.74, 6) is 4.66. The Kier molecular flexibility index (Phi) is 7.50. The fourth-order valence-electron chi connectivity index (χ4n) is 1.41. The van der Waals surface area contributed by atoms with Gasteiger partial charge in [0.2, 0.25) is 5.91 Å². The standard InChI is InChI=1S/C14H17N3O4/c15-13(19)10-21-8-6-17-14(20)12-4-5-16-9-11(12)3-1-2-7-18/h4-5,9,18H,2,6-8,10H2,(H2,15,19)(H,17,20). The van der Waals surface area contributed by atoms with Gasteiger partial charge in [0, 0.05) is 25.4 Å². The molecule has 0 bridgehead atoms. The molecule has 1 aromatic heterocycles. The van der Waals surface area contributed by atoms with Crippen LogP contribution in [-0.4, -0.2) is 48.3 Å². The number of nitrogens with one attached hydrogen (secondary N) is 1. The van der Waals surface area contributed by atoms with Gasteiger partial charge in [0.05, 0.1) is 24.3 Å². The zero-order valence-corrected chi connectivity index (χ0v) is 11.5. The highest BCUT2D eigenvalue weighted by atomic mass is 16.5. The lowest BCUT2D eigenvalue weighted by Crippen LogP contribution is -2.29. The van der Waals surface area contributed by atoms with Gasteiger partial charge in [-0.1, -0.05) is 11.8 Å². The van der Waals surface area contributed by atoms with E-state index in [1.54, 1.807) is 6.07 Å². The maximum Gasteiger partial charge on any atom is 0.252 e. The number of pyridine rings is 1. The van der Waals surface area contributed by atoms with Crippen LogP contribution in [0.4, 0.5) is 0 Å². The van der Waals surface area contributed by atoms with Gasteiger partial charge < -0.3 is 20.9 Å². The number of carbonyl (C=O) groups is 2. The van der Waals surface area contributed by atoms with E-state index in [4.69, 9.17) is 15.6 Å².